The van der Waals surface area contributed by atoms with Crippen LogP contribution >= 0.6 is 11.3 Å². The molecule has 0 bridgehead atoms. The molecule has 1 heterocycles. The van der Waals surface area contributed by atoms with Crippen molar-refractivity contribution in [3.8, 4) is 10.4 Å². The SMILES string of the molecule is Cc1nc(NC(=O)NCCC(=O)NCC(F)F)sc1-c1ccc2c(c1)CCC2=O. The molecule has 1 aromatic carbocycles. The molecule has 0 saturated carbocycles. The van der Waals surface area contributed by atoms with E-state index in [4.69, 9.17) is 0 Å². The number of aryl methyl sites for hydroxylation is 2. The smallest absolute Gasteiger partial charge is 0.321 e. The van der Waals surface area contributed by atoms with Gasteiger partial charge in [-0.1, -0.05) is 23.5 Å². The van der Waals surface area contributed by atoms with Crippen LogP contribution in [0.1, 0.15) is 34.5 Å². The van der Waals surface area contributed by atoms with Crippen molar-refractivity contribution in [2.45, 2.75) is 32.6 Å². The number of aromatic nitrogens is 1. The summed E-state index contributed by atoms with van der Waals surface area (Å²) in [7, 11) is 0. The zero-order valence-corrected chi connectivity index (χ0v) is 16.5. The van der Waals surface area contributed by atoms with Gasteiger partial charge in [0.1, 0.15) is 0 Å². The summed E-state index contributed by atoms with van der Waals surface area (Å²) in [5.41, 5.74) is 3.49. The minimum absolute atomic E-state index is 0.0109. The van der Waals surface area contributed by atoms with Gasteiger partial charge < -0.3 is 10.6 Å². The van der Waals surface area contributed by atoms with Crippen LogP contribution in [0, 0.1) is 6.92 Å². The summed E-state index contributed by atoms with van der Waals surface area (Å²) in [4.78, 5) is 40.3. The van der Waals surface area contributed by atoms with Gasteiger partial charge in [-0.15, -0.1) is 0 Å². The Morgan fingerprint density at radius 3 is 2.79 bits per heavy atom. The number of halogens is 2. The third-order valence-corrected chi connectivity index (χ3v) is 5.52. The van der Waals surface area contributed by atoms with Crippen molar-refractivity contribution in [3.63, 3.8) is 0 Å². The van der Waals surface area contributed by atoms with Gasteiger partial charge >= 0.3 is 6.03 Å². The first-order valence-corrected chi connectivity index (χ1v) is 9.88. The summed E-state index contributed by atoms with van der Waals surface area (Å²) in [6.07, 6.45) is -1.44. The van der Waals surface area contributed by atoms with E-state index in [-0.39, 0.29) is 18.7 Å². The predicted molar refractivity (Wildman–Crippen MR) is 106 cm³/mol. The number of Topliss-reactive ketones (excluding diaryl/α,β-unsaturated/α-hetero) is 1. The van der Waals surface area contributed by atoms with Crippen molar-refractivity contribution < 1.29 is 23.2 Å². The maximum absolute atomic E-state index is 12.0. The van der Waals surface area contributed by atoms with E-state index in [0.29, 0.717) is 11.6 Å². The van der Waals surface area contributed by atoms with Crippen molar-refractivity contribution in [1.29, 1.82) is 0 Å². The number of carbonyl (C=O) groups is 3. The Balaban J connectivity index is 1.55. The molecule has 1 aliphatic rings. The largest absolute Gasteiger partial charge is 0.350 e. The third-order valence-electron chi connectivity index (χ3n) is 4.40. The second-order valence-corrected chi connectivity index (χ2v) is 7.55. The number of nitrogens with zero attached hydrogens (tertiary/aromatic N) is 1. The van der Waals surface area contributed by atoms with E-state index in [1.165, 1.54) is 11.3 Å². The highest BCUT2D eigenvalue weighted by Gasteiger charge is 2.21. The molecule has 154 valence electrons. The zero-order chi connectivity index (χ0) is 21.0. The first-order valence-electron chi connectivity index (χ1n) is 9.07. The van der Waals surface area contributed by atoms with Crippen LogP contribution in [0.2, 0.25) is 0 Å². The number of alkyl halides is 2. The van der Waals surface area contributed by atoms with Crippen LogP contribution in [0.5, 0.6) is 0 Å². The van der Waals surface area contributed by atoms with Gasteiger partial charge in [-0.3, -0.25) is 14.9 Å². The van der Waals surface area contributed by atoms with Gasteiger partial charge in [-0.05, 0) is 30.5 Å². The van der Waals surface area contributed by atoms with Crippen molar-refractivity contribution in [2.75, 3.05) is 18.4 Å². The Bertz CT molecular complexity index is 946. The predicted octanol–water partition coefficient (Wildman–Crippen LogP) is 3.14. The number of benzene rings is 1. The minimum atomic E-state index is -2.61. The lowest BCUT2D eigenvalue weighted by atomic mass is 10.0. The highest BCUT2D eigenvalue weighted by atomic mass is 32.1. The van der Waals surface area contributed by atoms with Crippen LogP contribution in [0.3, 0.4) is 0 Å². The molecule has 1 aliphatic carbocycles. The number of fused-ring (bicyclic) bond motifs is 1. The number of hydrogen-bond acceptors (Lipinski definition) is 5. The van der Waals surface area contributed by atoms with Crippen LogP contribution in [0.15, 0.2) is 18.2 Å². The second-order valence-electron chi connectivity index (χ2n) is 6.55. The van der Waals surface area contributed by atoms with Crippen molar-refractivity contribution in [2.24, 2.45) is 0 Å². The van der Waals surface area contributed by atoms with Gasteiger partial charge in [0.15, 0.2) is 10.9 Å². The summed E-state index contributed by atoms with van der Waals surface area (Å²) in [6, 6.07) is 5.16. The van der Waals surface area contributed by atoms with Gasteiger partial charge in [0.25, 0.3) is 6.43 Å². The van der Waals surface area contributed by atoms with Crippen molar-refractivity contribution in [1.82, 2.24) is 15.6 Å². The molecule has 2 aromatic rings. The molecular weight excluding hydrogens is 402 g/mol. The summed E-state index contributed by atoms with van der Waals surface area (Å²) in [5.74, 6) is -0.400. The first kappa shape index (κ1) is 20.8. The highest BCUT2D eigenvalue weighted by Crippen LogP contribution is 2.35. The molecule has 0 saturated heterocycles. The Morgan fingerprint density at radius 2 is 2.03 bits per heavy atom. The zero-order valence-electron chi connectivity index (χ0n) is 15.7. The molecule has 10 heteroatoms. The number of ketones is 1. The van der Waals surface area contributed by atoms with Gasteiger partial charge in [-0.25, -0.2) is 18.6 Å². The van der Waals surface area contributed by atoms with E-state index in [1.54, 1.807) is 0 Å². The molecule has 0 aliphatic heterocycles. The van der Waals surface area contributed by atoms with Crippen LogP contribution < -0.4 is 16.0 Å². The molecule has 0 spiro atoms. The number of anilines is 1. The molecule has 0 fully saturated rings. The third kappa shape index (κ3) is 5.35. The molecule has 0 unspecified atom stereocenters. The van der Waals surface area contributed by atoms with E-state index in [0.717, 1.165) is 33.7 Å². The summed E-state index contributed by atoms with van der Waals surface area (Å²) in [6.45, 7) is 1.14. The molecule has 1 aromatic heterocycles. The molecular formula is C19H20F2N4O3S. The fourth-order valence-corrected chi connectivity index (χ4v) is 3.98. The molecule has 3 amide bonds. The molecule has 7 nitrogen and oxygen atoms in total. The van der Waals surface area contributed by atoms with E-state index < -0.39 is 24.9 Å². The number of amides is 3. The van der Waals surface area contributed by atoms with E-state index in [2.05, 4.69) is 20.9 Å². The molecule has 0 radical (unpaired) electrons. The standard InChI is InChI=1S/C19H20F2N4O3S/c1-10-17(12-2-4-13-11(8-12)3-5-14(13)26)29-19(24-10)25-18(28)22-7-6-16(27)23-9-15(20)21/h2,4,8,15H,3,5-7,9H2,1H3,(H,23,27)(H2,22,24,25,28). The highest BCUT2D eigenvalue weighted by molar-refractivity contribution is 7.19. The first-order chi connectivity index (χ1) is 13.8. The average molecular weight is 422 g/mol. The lowest BCUT2D eigenvalue weighted by Gasteiger charge is -2.06. The maximum atomic E-state index is 12.0. The summed E-state index contributed by atoms with van der Waals surface area (Å²) >= 11 is 1.31. The molecule has 3 rings (SSSR count). The number of thiazole rings is 1. The fraction of sp³-hybridized carbons (Fsp3) is 0.368. The molecule has 29 heavy (non-hydrogen) atoms. The maximum Gasteiger partial charge on any atom is 0.321 e. The quantitative estimate of drug-likeness (QED) is 0.638. The van der Waals surface area contributed by atoms with E-state index in [9.17, 15) is 23.2 Å². The number of hydrogen-bond donors (Lipinski definition) is 3. The van der Waals surface area contributed by atoms with Crippen LogP contribution in [0.4, 0.5) is 18.7 Å². The Hall–Kier alpha value is -2.88. The van der Waals surface area contributed by atoms with Gasteiger partial charge in [0, 0.05) is 24.9 Å². The van der Waals surface area contributed by atoms with Gasteiger partial charge in [0.05, 0.1) is 17.1 Å². The number of carbonyl (C=O) groups excluding carboxylic acids is 3. The van der Waals surface area contributed by atoms with Crippen LogP contribution in [0.25, 0.3) is 10.4 Å². The van der Waals surface area contributed by atoms with Crippen molar-refractivity contribution >= 4 is 34.2 Å². The Morgan fingerprint density at radius 1 is 1.24 bits per heavy atom. The lowest BCUT2D eigenvalue weighted by molar-refractivity contribution is -0.121. The van der Waals surface area contributed by atoms with Crippen LogP contribution in [-0.4, -0.2) is 42.2 Å². The fourth-order valence-electron chi connectivity index (χ4n) is 3.02. The topological polar surface area (TPSA) is 100 Å². The Kier molecular flexibility index (Phi) is 6.53. The monoisotopic (exact) mass is 422 g/mol. The van der Waals surface area contributed by atoms with Crippen LogP contribution in [-0.2, 0) is 11.2 Å². The lowest BCUT2D eigenvalue weighted by Crippen LogP contribution is -2.34. The van der Waals surface area contributed by atoms with Gasteiger partial charge in [-0.2, -0.15) is 0 Å². The van der Waals surface area contributed by atoms with E-state index in [1.807, 2.05) is 25.1 Å². The number of nitrogens with one attached hydrogen (secondary N) is 3. The van der Waals surface area contributed by atoms with Gasteiger partial charge in [0.2, 0.25) is 5.91 Å². The molecule has 0 atom stereocenters. The minimum Gasteiger partial charge on any atom is -0.350 e. The molecule has 3 N–H and O–H groups in total. The Labute approximate surface area is 169 Å². The number of urea groups is 1. The number of rotatable bonds is 7. The average Bonchev–Trinajstić information content (AvgIpc) is 3.22. The second kappa shape index (κ2) is 9.08. The summed E-state index contributed by atoms with van der Waals surface area (Å²) < 4.78 is 24.0. The van der Waals surface area contributed by atoms with Crippen molar-refractivity contribution in [3.05, 3.63) is 35.0 Å². The van der Waals surface area contributed by atoms with E-state index >= 15 is 0 Å². The normalized spacial score (nSPS) is 12.8. The summed E-state index contributed by atoms with van der Waals surface area (Å²) in [5, 5.41) is 7.56.